The monoisotopic (exact) mass is 196 g/mol. The van der Waals surface area contributed by atoms with Crippen LogP contribution in [0, 0.1) is 6.92 Å². The van der Waals surface area contributed by atoms with E-state index in [0.29, 0.717) is 0 Å². The zero-order chi connectivity index (χ0) is 10.8. The fraction of sp³-hybridized carbons (Fsp3) is 0.700. The first kappa shape index (κ1) is 11.0. The van der Waals surface area contributed by atoms with Crippen molar-refractivity contribution in [3.05, 3.63) is 11.8 Å². The number of nitrogens with one attached hydrogen (secondary N) is 2. The van der Waals surface area contributed by atoms with Gasteiger partial charge in [0.05, 0.1) is 5.69 Å². The van der Waals surface area contributed by atoms with Gasteiger partial charge in [0.25, 0.3) is 0 Å². The van der Waals surface area contributed by atoms with Crippen molar-refractivity contribution in [2.45, 2.75) is 26.3 Å². The third kappa shape index (κ3) is 2.73. The SMILES string of the molecule is CNC(C)(C)CNc1cc(C)nn1C. The highest BCUT2D eigenvalue weighted by atomic mass is 15.3. The molecule has 2 N–H and O–H groups in total. The molecule has 0 unspecified atom stereocenters. The standard InChI is InChI=1S/C10H20N4/c1-8-6-9(14(5)13-8)12-7-10(2,3)11-4/h6,11-12H,7H2,1-5H3. The first-order chi connectivity index (χ1) is 6.44. The van der Waals surface area contributed by atoms with Crippen molar-refractivity contribution in [3.63, 3.8) is 0 Å². The first-order valence-corrected chi connectivity index (χ1v) is 4.88. The van der Waals surface area contributed by atoms with E-state index in [9.17, 15) is 0 Å². The van der Waals surface area contributed by atoms with Gasteiger partial charge in [-0.05, 0) is 27.8 Å². The Kier molecular flexibility index (Phi) is 3.16. The third-order valence-corrected chi connectivity index (χ3v) is 2.39. The van der Waals surface area contributed by atoms with Gasteiger partial charge in [-0.3, -0.25) is 4.68 Å². The van der Waals surface area contributed by atoms with Crippen LogP contribution >= 0.6 is 0 Å². The van der Waals surface area contributed by atoms with Gasteiger partial charge in [0.1, 0.15) is 5.82 Å². The van der Waals surface area contributed by atoms with Crippen LogP contribution in [0.4, 0.5) is 5.82 Å². The van der Waals surface area contributed by atoms with Crippen molar-refractivity contribution in [1.29, 1.82) is 0 Å². The van der Waals surface area contributed by atoms with Crippen LogP contribution in [-0.2, 0) is 7.05 Å². The molecule has 0 spiro atoms. The molecule has 0 amide bonds. The van der Waals surface area contributed by atoms with Crippen LogP contribution in [0.25, 0.3) is 0 Å². The molecule has 0 aliphatic heterocycles. The van der Waals surface area contributed by atoms with Gasteiger partial charge < -0.3 is 10.6 Å². The van der Waals surface area contributed by atoms with Crippen LogP contribution in [0.3, 0.4) is 0 Å². The van der Waals surface area contributed by atoms with E-state index in [1.165, 1.54) is 0 Å². The Morgan fingerprint density at radius 3 is 2.57 bits per heavy atom. The number of hydrogen-bond donors (Lipinski definition) is 2. The Bertz CT molecular complexity index is 301. The largest absolute Gasteiger partial charge is 0.368 e. The fourth-order valence-electron chi connectivity index (χ4n) is 1.18. The molecule has 0 bridgehead atoms. The summed E-state index contributed by atoms with van der Waals surface area (Å²) in [6.45, 7) is 7.18. The summed E-state index contributed by atoms with van der Waals surface area (Å²) in [6, 6.07) is 2.05. The minimum absolute atomic E-state index is 0.0954. The van der Waals surface area contributed by atoms with Crippen LogP contribution in [0.1, 0.15) is 19.5 Å². The summed E-state index contributed by atoms with van der Waals surface area (Å²) in [6.07, 6.45) is 0. The van der Waals surface area contributed by atoms with Crippen LogP contribution in [0.2, 0.25) is 0 Å². The van der Waals surface area contributed by atoms with E-state index in [-0.39, 0.29) is 5.54 Å². The van der Waals surface area contributed by atoms with Gasteiger partial charge in [-0.15, -0.1) is 0 Å². The van der Waals surface area contributed by atoms with E-state index in [1.54, 1.807) is 0 Å². The molecule has 0 radical (unpaired) electrons. The van der Waals surface area contributed by atoms with Gasteiger partial charge in [0.15, 0.2) is 0 Å². The summed E-state index contributed by atoms with van der Waals surface area (Å²) >= 11 is 0. The zero-order valence-corrected chi connectivity index (χ0v) is 9.68. The molecule has 1 aromatic heterocycles. The van der Waals surface area contributed by atoms with Crippen LogP contribution in [0.15, 0.2) is 6.07 Å². The Morgan fingerprint density at radius 1 is 1.50 bits per heavy atom. The van der Waals surface area contributed by atoms with Crippen molar-refractivity contribution in [2.75, 3.05) is 18.9 Å². The highest BCUT2D eigenvalue weighted by molar-refractivity contribution is 5.37. The molecular weight excluding hydrogens is 176 g/mol. The van der Waals surface area contributed by atoms with Crippen molar-refractivity contribution < 1.29 is 0 Å². The lowest BCUT2D eigenvalue weighted by molar-refractivity contribution is 0.447. The molecule has 1 heterocycles. The van der Waals surface area contributed by atoms with Crippen molar-refractivity contribution in [1.82, 2.24) is 15.1 Å². The van der Waals surface area contributed by atoms with Gasteiger partial charge in [0, 0.05) is 25.2 Å². The highest BCUT2D eigenvalue weighted by Crippen LogP contribution is 2.09. The molecular formula is C10H20N4. The zero-order valence-electron chi connectivity index (χ0n) is 9.68. The van der Waals surface area contributed by atoms with E-state index in [1.807, 2.05) is 31.8 Å². The molecule has 0 saturated heterocycles. The van der Waals surface area contributed by atoms with Gasteiger partial charge in [-0.2, -0.15) is 5.10 Å². The average Bonchev–Trinajstić information content (AvgIpc) is 2.42. The Labute approximate surface area is 85.7 Å². The van der Waals surface area contributed by atoms with Gasteiger partial charge in [-0.25, -0.2) is 0 Å². The quantitative estimate of drug-likeness (QED) is 0.759. The second-order valence-corrected chi connectivity index (χ2v) is 4.28. The molecule has 0 saturated carbocycles. The molecule has 0 aromatic carbocycles. The summed E-state index contributed by atoms with van der Waals surface area (Å²) in [5.74, 6) is 1.06. The number of rotatable bonds is 4. The second kappa shape index (κ2) is 4.00. The number of nitrogens with zero attached hydrogens (tertiary/aromatic N) is 2. The second-order valence-electron chi connectivity index (χ2n) is 4.28. The number of aryl methyl sites for hydroxylation is 2. The summed E-state index contributed by atoms with van der Waals surface area (Å²) in [5.41, 5.74) is 1.13. The number of likely N-dealkylation sites (N-methyl/N-ethyl adjacent to an activating group) is 1. The fourth-order valence-corrected chi connectivity index (χ4v) is 1.18. The van der Waals surface area contributed by atoms with Crippen molar-refractivity contribution in [2.24, 2.45) is 7.05 Å². The Balaban J connectivity index is 2.58. The number of aromatic nitrogens is 2. The average molecular weight is 196 g/mol. The molecule has 1 rings (SSSR count). The lowest BCUT2D eigenvalue weighted by Gasteiger charge is -2.24. The molecule has 4 heteroatoms. The van der Waals surface area contributed by atoms with Crippen LogP contribution in [0.5, 0.6) is 0 Å². The summed E-state index contributed by atoms with van der Waals surface area (Å²) in [7, 11) is 3.91. The first-order valence-electron chi connectivity index (χ1n) is 4.88. The predicted molar refractivity (Wildman–Crippen MR) is 59.6 cm³/mol. The molecule has 1 aromatic rings. The normalized spacial score (nSPS) is 11.8. The lowest BCUT2D eigenvalue weighted by Crippen LogP contribution is -2.43. The molecule has 80 valence electrons. The maximum atomic E-state index is 4.27. The van der Waals surface area contributed by atoms with Crippen molar-refractivity contribution >= 4 is 5.82 Å². The van der Waals surface area contributed by atoms with E-state index < -0.39 is 0 Å². The smallest absolute Gasteiger partial charge is 0.124 e. The van der Waals surface area contributed by atoms with Gasteiger partial charge in [-0.1, -0.05) is 0 Å². The van der Waals surface area contributed by atoms with Gasteiger partial charge in [0.2, 0.25) is 0 Å². The maximum Gasteiger partial charge on any atom is 0.124 e. The predicted octanol–water partition coefficient (Wildman–Crippen LogP) is 1.14. The number of hydrogen-bond acceptors (Lipinski definition) is 3. The third-order valence-electron chi connectivity index (χ3n) is 2.39. The van der Waals surface area contributed by atoms with Crippen LogP contribution < -0.4 is 10.6 Å². The minimum Gasteiger partial charge on any atom is -0.368 e. The summed E-state index contributed by atoms with van der Waals surface area (Å²) in [4.78, 5) is 0. The topological polar surface area (TPSA) is 41.9 Å². The molecule has 0 atom stereocenters. The molecule has 0 fully saturated rings. The summed E-state index contributed by atoms with van der Waals surface area (Å²) < 4.78 is 1.86. The highest BCUT2D eigenvalue weighted by Gasteiger charge is 2.14. The lowest BCUT2D eigenvalue weighted by atomic mass is 10.1. The van der Waals surface area contributed by atoms with E-state index in [4.69, 9.17) is 0 Å². The van der Waals surface area contributed by atoms with Crippen LogP contribution in [-0.4, -0.2) is 28.9 Å². The van der Waals surface area contributed by atoms with E-state index in [0.717, 1.165) is 18.1 Å². The Morgan fingerprint density at radius 2 is 2.14 bits per heavy atom. The minimum atomic E-state index is 0.0954. The molecule has 0 aliphatic carbocycles. The molecule has 0 aliphatic rings. The molecule has 14 heavy (non-hydrogen) atoms. The molecule has 4 nitrogen and oxygen atoms in total. The van der Waals surface area contributed by atoms with Crippen molar-refractivity contribution in [3.8, 4) is 0 Å². The Hall–Kier alpha value is -1.03. The number of anilines is 1. The van der Waals surface area contributed by atoms with E-state index >= 15 is 0 Å². The van der Waals surface area contributed by atoms with E-state index in [2.05, 4.69) is 29.6 Å². The maximum absolute atomic E-state index is 4.27. The van der Waals surface area contributed by atoms with Gasteiger partial charge >= 0.3 is 0 Å². The summed E-state index contributed by atoms with van der Waals surface area (Å²) in [5, 5.41) is 10.9.